The number of fused-ring (bicyclic) bond motifs is 4. The summed E-state index contributed by atoms with van der Waals surface area (Å²) in [5.41, 5.74) is 3.32. The van der Waals surface area contributed by atoms with Crippen molar-refractivity contribution in [1.82, 2.24) is 5.32 Å². The largest absolute Gasteiger partial charge is 0.493 e. The number of anilines is 2. The van der Waals surface area contributed by atoms with Crippen LogP contribution < -0.4 is 25.0 Å². The Labute approximate surface area is 215 Å². The minimum absolute atomic E-state index is 0.174. The van der Waals surface area contributed by atoms with Crippen LogP contribution in [0.1, 0.15) is 29.7 Å². The normalized spacial score (nSPS) is 22.5. The summed E-state index contributed by atoms with van der Waals surface area (Å²) in [5.74, 6) is 0.363. The van der Waals surface area contributed by atoms with E-state index in [1.807, 2.05) is 74.2 Å². The Bertz CT molecular complexity index is 1330. The summed E-state index contributed by atoms with van der Waals surface area (Å²) >= 11 is 12.0. The van der Waals surface area contributed by atoms with Gasteiger partial charge in [0, 0.05) is 22.0 Å². The number of halogens is 1. The first kappa shape index (κ1) is 23.5. The number of carbonyl (C=O) groups excluding carboxylic acids is 1. The number of hydrogen-bond acceptors (Lipinski definition) is 4. The predicted octanol–water partition coefficient (Wildman–Crippen LogP) is 5.76. The van der Waals surface area contributed by atoms with Crippen molar-refractivity contribution in [3.05, 3.63) is 82.4 Å². The molecule has 5 rings (SSSR count). The van der Waals surface area contributed by atoms with Crippen LogP contribution in [0.5, 0.6) is 11.5 Å². The summed E-state index contributed by atoms with van der Waals surface area (Å²) in [6.45, 7) is 5.90. The Morgan fingerprint density at radius 3 is 2.60 bits per heavy atom. The minimum Gasteiger partial charge on any atom is -0.493 e. The molecule has 180 valence electrons. The maximum absolute atomic E-state index is 14.0. The number of benzene rings is 3. The minimum atomic E-state index is -1.15. The molecule has 0 radical (unpaired) electrons. The first-order valence-electron chi connectivity index (χ1n) is 11.3. The van der Waals surface area contributed by atoms with Crippen molar-refractivity contribution in [3.8, 4) is 11.5 Å². The van der Waals surface area contributed by atoms with Crippen molar-refractivity contribution in [2.45, 2.75) is 32.5 Å². The number of nitrogens with one attached hydrogen (secondary N) is 2. The van der Waals surface area contributed by atoms with E-state index in [1.165, 1.54) is 0 Å². The van der Waals surface area contributed by atoms with Crippen molar-refractivity contribution in [2.24, 2.45) is 5.92 Å². The highest BCUT2D eigenvalue weighted by Crippen LogP contribution is 2.52. The van der Waals surface area contributed by atoms with E-state index in [-0.39, 0.29) is 5.91 Å². The average Bonchev–Trinajstić information content (AvgIpc) is 2.81. The Morgan fingerprint density at radius 1 is 1.17 bits per heavy atom. The van der Waals surface area contributed by atoms with Crippen molar-refractivity contribution in [2.75, 3.05) is 17.3 Å². The third kappa shape index (κ3) is 3.89. The van der Waals surface area contributed by atoms with Crippen LogP contribution in [-0.2, 0) is 4.79 Å². The van der Waals surface area contributed by atoms with Gasteiger partial charge in [-0.2, -0.15) is 0 Å². The summed E-state index contributed by atoms with van der Waals surface area (Å²) in [6, 6.07) is 18.5. The van der Waals surface area contributed by atoms with Crippen LogP contribution in [0.25, 0.3) is 0 Å². The van der Waals surface area contributed by atoms with Crippen molar-refractivity contribution >= 4 is 46.2 Å². The van der Waals surface area contributed by atoms with Gasteiger partial charge in [-0.05, 0) is 75.0 Å². The van der Waals surface area contributed by atoms with Gasteiger partial charge >= 0.3 is 0 Å². The highest BCUT2D eigenvalue weighted by molar-refractivity contribution is 7.80. The van der Waals surface area contributed by atoms with Crippen LogP contribution in [-0.4, -0.2) is 23.9 Å². The van der Waals surface area contributed by atoms with Crippen LogP contribution in [0.15, 0.2) is 60.7 Å². The van der Waals surface area contributed by atoms with Crippen LogP contribution in [0.2, 0.25) is 5.02 Å². The molecule has 2 aliphatic rings. The van der Waals surface area contributed by atoms with E-state index in [2.05, 4.69) is 10.6 Å². The molecule has 0 spiro atoms. The van der Waals surface area contributed by atoms with E-state index >= 15 is 0 Å². The fourth-order valence-electron chi connectivity index (χ4n) is 5.07. The van der Waals surface area contributed by atoms with E-state index in [1.54, 1.807) is 19.2 Å². The fourth-order valence-corrected chi connectivity index (χ4v) is 5.61. The number of aryl methyl sites for hydroxylation is 2. The molecule has 6 nitrogen and oxygen atoms in total. The lowest BCUT2D eigenvalue weighted by molar-refractivity contribution is -0.130. The zero-order valence-electron chi connectivity index (χ0n) is 19.9. The van der Waals surface area contributed by atoms with Gasteiger partial charge in [-0.1, -0.05) is 41.4 Å². The number of rotatable bonds is 4. The number of para-hydroxylation sites is 1. The molecule has 2 N–H and O–H groups in total. The SMILES string of the molecule is COc1cccc2c1O[C@@]1(C)[C@@H](C(=O)Nc3ccc(C)cc3C)[C@H]2NC(=S)N1c1ccc(Cl)cc1. The quantitative estimate of drug-likeness (QED) is 0.437. The van der Waals surface area contributed by atoms with Gasteiger partial charge in [-0.15, -0.1) is 0 Å². The lowest BCUT2D eigenvalue weighted by atomic mass is 9.78. The van der Waals surface area contributed by atoms with Gasteiger partial charge in [0.15, 0.2) is 22.3 Å². The predicted molar refractivity (Wildman–Crippen MR) is 142 cm³/mol. The molecular formula is C27H26ClN3O3S. The molecule has 1 amide bonds. The standard InChI is InChI=1S/C27H26ClN3O3S/c1-15-8-13-20(16(2)14-15)29-25(32)22-23-19-6-5-7-21(33-4)24(19)34-27(22,3)31(26(35)30-23)18-11-9-17(28)10-12-18/h5-14,22-23H,1-4H3,(H,29,32)(H,30,35)/t22-,23+,27+/m1/s1. The molecule has 0 unspecified atom stereocenters. The van der Waals surface area contributed by atoms with E-state index in [4.69, 9.17) is 33.3 Å². The van der Waals surface area contributed by atoms with Crippen molar-refractivity contribution in [1.29, 1.82) is 0 Å². The van der Waals surface area contributed by atoms with Gasteiger partial charge in [-0.3, -0.25) is 9.69 Å². The summed E-state index contributed by atoms with van der Waals surface area (Å²) < 4.78 is 12.3. The molecule has 2 bridgehead atoms. The zero-order valence-corrected chi connectivity index (χ0v) is 21.5. The van der Waals surface area contributed by atoms with Crippen LogP contribution in [0.4, 0.5) is 11.4 Å². The van der Waals surface area contributed by atoms with E-state index < -0.39 is 17.7 Å². The topological polar surface area (TPSA) is 62.8 Å². The Kier molecular flexibility index (Phi) is 5.85. The Morgan fingerprint density at radius 2 is 1.91 bits per heavy atom. The fraction of sp³-hybridized carbons (Fsp3) is 0.259. The second-order valence-corrected chi connectivity index (χ2v) is 9.88. The smallest absolute Gasteiger partial charge is 0.236 e. The van der Waals surface area contributed by atoms with E-state index in [0.717, 1.165) is 28.1 Å². The summed E-state index contributed by atoms with van der Waals surface area (Å²) in [5, 5.41) is 7.61. The third-order valence-electron chi connectivity index (χ3n) is 6.72. The van der Waals surface area contributed by atoms with Crippen molar-refractivity contribution < 1.29 is 14.3 Å². The van der Waals surface area contributed by atoms with Crippen molar-refractivity contribution in [3.63, 3.8) is 0 Å². The number of amides is 1. The summed E-state index contributed by atoms with van der Waals surface area (Å²) in [7, 11) is 1.60. The molecule has 2 aliphatic heterocycles. The summed E-state index contributed by atoms with van der Waals surface area (Å²) in [4.78, 5) is 15.8. The molecule has 2 heterocycles. The van der Waals surface area contributed by atoms with Gasteiger partial charge in [-0.25, -0.2) is 0 Å². The molecule has 1 fully saturated rings. The van der Waals surface area contributed by atoms with Crippen LogP contribution in [0.3, 0.4) is 0 Å². The van der Waals surface area contributed by atoms with Gasteiger partial charge < -0.3 is 20.1 Å². The molecular weight excluding hydrogens is 482 g/mol. The first-order chi connectivity index (χ1) is 16.7. The molecule has 1 saturated heterocycles. The second kappa shape index (κ2) is 8.73. The Balaban J connectivity index is 1.64. The zero-order chi connectivity index (χ0) is 24.9. The first-order valence-corrected chi connectivity index (χ1v) is 12.1. The average molecular weight is 508 g/mol. The molecule has 3 aromatic carbocycles. The maximum atomic E-state index is 14.0. The molecule has 8 heteroatoms. The van der Waals surface area contributed by atoms with E-state index in [0.29, 0.717) is 21.6 Å². The molecule has 3 atom stereocenters. The summed E-state index contributed by atoms with van der Waals surface area (Å²) in [6.07, 6.45) is 0. The van der Waals surface area contributed by atoms with Gasteiger partial charge in [0.2, 0.25) is 5.91 Å². The van der Waals surface area contributed by atoms with Gasteiger partial charge in [0.05, 0.1) is 13.2 Å². The maximum Gasteiger partial charge on any atom is 0.236 e. The number of methoxy groups -OCH3 is 1. The molecule has 0 aromatic heterocycles. The van der Waals surface area contributed by atoms with Gasteiger partial charge in [0.1, 0.15) is 5.92 Å². The Hall–Kier alpha value is -3.29. The number of nitrogens with zero attached hydrogens (tertiary/aromatic N) is 1. The van der Waals surface area contributed by atoms with Gasteiger partial charge in [0.25, 0.3) is 0 Å². The number of ether oxygens (including phenoxy) is 2. The molecule has 35 heavy (non-hydrogen) atoms. The second-order valence-electron chi connectivity index (χ2n) is 9.06. The van der Waals surface area contributed by atoms with E-state index in [9.17, 15) is 4.79 Å². The molecule has 0 aliphatic carbocycles. The number of thiocarbonyl (C=S) groups is 1. The molecule has 0 saturated carbocycles. The monoisotopic (exact) mass is 507 g/mol. The van der Waals surface area contributed by atoms with Crippen LogP contribution in [0, 0.1) is 19.8 Å². The van der Waals surface area contributed by atoms with Crippen LogP contribution >= 0.6 is 23.8 Å². The lowest BCUT2D eigenvalue weighted by Crippen LogP contribution is -2.72. The third-order valence-corrected chi connectivity index (χ3v) is 7.27. The highest BCUT2D eigenvalue weighted by atomic mass is 35.5. The lowest BCUT2D eigenvalue weighted by Gasteiger charge is -2.56. The number of carbonyl (C=O) groups is 1. The highest BCUT2D eigenvalue weighted by Gasteiger charge is 2.59. The molecule has 3 aromatic rings. The number of hydrogen-bond donors (Lipinski definition) is 2.